The molecule has 0 saturated carbocycles. The lowest BCUT2D eigenvalue weighted by atomic mass is 10.2. The fourth-order valence-electron chi connectivity index (χ4n) is 2.94. The van der Waals surface area contributed by atoms with Gasteiger partial charge in [-0.2, -0.15) is 0 Å². The summed E-state index contributed by atoms with van der Waals surface area (Å²) in [7, 11) is 0. The van der Waals surface area contributed by atoms with Gasteiger partial charge in [-0.3, -0.25) is 9.69 Å². The summed E-state index contributed by atoms with van der Waals surface area (Å²) in [6, 6.07) is 6.41. The highest BCUT2D eigenvalue weighted by atomic mass is 16.4. The summed E-state index contributed by atoms with van der Waals surface area (Å²) in [4.78, 5) is 21.0. The largest absolute Gasteiger partial charge is 0.481 e. The van der Waals surface area contributed by atoms with Crippen molar-refractivity contribution in [3.05, 3.63) is 29.6 Å². The van der Waals surface area contributed by atoms with Crippen LogP contribution in [0.5, 0.6) is 0 Å². The van der Waals surface area contributed by atoms with Crippen LogP contribution < -0.4 is 0 Å². The standard InChI is InChI=1S/C15H19N3O2/c1-10-4-5-11-12(9-10)17-15(16-11)13-3-2-7-18(13)8-6-14(19)20/h4-5,9,13H,2-3,6-8H2,1H3,(H,16,17)(H,19,20). The van der Waals surface area contributed by atoms with Gasteiger partial charge in [-0.15, -0.1) is 0 Å². The Kier molecular flexibility index (Phi) is 3.44. The third-order valence-corrected chi connectivity index (χ3v) is 3.95. The second-order valence-corrected chi connectivity index (χ2v) is 5.48. The molecule has 2 heterocycles. The van der Waals surface area contributed by atoms with Crippen LogP contribution in [-0.2, 0) is 4.79 Å². The molecule has 2 N–H and O–H groups in total. The molecular formula is C15H19N3O2. The van der Waals surface area contributed by atoms with Crippen LogP contribution in [0.2, 0.25) is 0 Å². The van der Waals surface area contributed by atoms with Gasteiger partial charge < -0.3 is 10.1 Å². The maximum atomic E-state index is 10.7. The number of aromatic amines is 1. The second kappa shape index (κ2) is 5.25. The van der Waals surface area contributed by atoms with Gasteiger partial charge in [0.05, 0.1) is 23.5 Å². The first kappa shape index (κ1) is 13.1. The Morgan fingerprint density at radius 2 is 2.40 bits per heavy atom. The number of nitrogens with one attached hydrogen (secondary N) is 1. The van der Waals surface area contributed by atoms with E-state index in [1.165, 1.54) is 5.56 Å². The third-order valence-electron chi connectivity index (χ3n) is 3.95. The summed E-state index contributed by atoms with van der Waals surface area (Å²) < 4.78 is 0. The molecule has 0 amide bonds. The van der Waals surface area contributed by atoms with Crippen LogP contribution in [0.4, 0.5) is 0 Å². The molecule has 1 atom stereocenters. The number of fused-ring (bicyclic) bond motifs is 1. The van der Waals surface area contributed by atoms with Gasteiger partial charge in [-0.05, 0) is 44.0 Å². The number of H-pyrrole nitrogens is 1. The van der Waals surface area contributed by atoms with E-state index in [4.69, 9.17) is 5.11 Å². The van der Waals surface area contributed by atoms with Crippen LogP contribution in [0.25, 0.3) is 11.0 Å². The Hall–Kier alpha value is -1.88. The van der Waals surface area contributed by atoms with E-state index in [1.807, 2.05) is 6.07 Å². The van der Waals surface area contributed by atoms with Crippen molar-refractivity contribution >= 4 is 17.0 Å². The molecule has 5 heteroatoms. The smallest absolute Gasteiger partial charge is 0.304 e. The number of hydrogen-bond acceptors (Lipinski definition) is 3. The van der Waals surface area contributed by atoms with Gasteiger partial charge in [-0.25, -0.2) is 4.98 Å². The van der Waals surface area contributed by atoms with Crippen molar-refractivity contribution in [3.8, 4) is 0 Å². The first-order valence-corrected chi connectivity index (χ1v) is 7.05. The average molecular weight is 273 g/mol. The SMILES string of the molecule is Cc1ccc2nc(C3CCCN3CCC(=O)O)[nH]c2c1. The molecule has 106 valence electrons. The van der Waals surface area contributed by atoms with E-state index in [-0.39, 0.29) is 12.5 Å². The van der Waals surface area contributed by atoms with Crippen LogP contribution in [0.1, 0.15) is 36.7 Å². The Morgan fingerprint density at radius 1 is 1.55 bits per heavy atom. The molecule has 0 bridgehead atoms. The minimum atomic E-state index is -0.740. The molecule has 5 nitrogen and oxygen atoms in total. The van der Waals surface area contributed by atoms with Gasteiger partial charge in [0.2, 0.25) is 0 Å². The van der Waals surface area contributed by atoms with E-state index in [1.54, 1.807) is 0 Å². The molecule has 1 saturated heterocycles. The van der Waals surface area contributed by atoms with E-state index < -0.39 is 5.97 Å². The van der Waals surface area contributed by atoms with Gasteiger partial charge in [0.25, 0.3) is 0 Å². The van der Waals surface area contributed by atoms with E-state index >= 15 is 0 Å². The quantitative estimate of drug-likeness (QED) is 0.898. The number of hydrogen-bond donors (Lipinski definition) is 2. The number of benzene rings is 1. The zero-order chi connectivity index (χ0) is 14.1. The van der Waals surface area contributed by atoms with Crippen molar-refractivity contribution in [1.29, 1.82) is 0 Å². The number of likely N-dealkylation sites (tertiary alicyclic amines) is 1. The van der Waals surface area contributed by atoms with Crippen LogP contribution >= 0.6 is 0 Å². The van der Waals surface area contributed by atoms with Crippen molar-refractivity contribution in [2.45, 2.75) is 32.2 Å². The first-order valence-electron chi connectivity index (χ1n) is 7.05. The Bertz CT molecular complexity index is 635. The Labute approximate surface area is 117 Å². The highest BCUT2D eigenvalue weighted by Crippen LogP contribution is 2.31. The minimum Gasteiger partial charge on any atom is -0.481 e. The number of aliphatic carboxylic acids is 1. The van der Waals surface area contributed by atoms with Gasteiger partial charge in [0.1, 0.15) is 5.82 Å². The zero-order valence-corrected chi connectivity index (χ0v) is 11.6. The number of carboxylic acids is 1. The topological polar surface area (TPSA) is 69.2 Å². The molecule has 1 unspecified atom stereocenters. The molecule has 1 aromatic carbocycles. The average Bonchev–Trinajstić information content (AvgIpc) is 3.01. The molecule has 1 aliphatic rings. The summed E-state index contributed by atoms with van der Waals surface area (Å²) in [5.74, 6) is 0.226. The monoisotopic (exact) mass is 273 g/mol. The van der Waals surface area contributed by atoms with Crippen molar-refractivity contribution in [1.82, 2.24) is 14.9 Å². The molecule has 0 spiro atoms. The predicted molar refractivity (Wildman–Crippen MR) is 76.6 cm³/mol. The van der Waals surface area contributed by atoms with Crippen molar-refractivity contribution in [3.63, 3.8) is 0 Å². The molecule has 2 aromatic rings. The second-order valence-electron chi connectivity index (χ2n) is 5.48. The normalized spacial score (nSPS) is 19.8. The Morgan fingerprint density at radius 3 is 3.20 bits per heavy atom. The highest BCUT2D eigenvalue weighted by molar-refractivity contribution is 5.75. The Balaban J connectivity index is 1.83. The van der Waals surface area contributed by atoms with E-state index in [0.29, 0.717) is 6.54 Å². The lowest BCUT2D eigenvalue weighted by Crippen LogP contribution is -2.26. The zero-order valence-electron chi connectivity index (χ0n) is 11.6. The number of nitrogens with zero attached hydrogens (tertiary/aromatic N) is 2. The van der Waals surface area contributed by atoms with Crippen molar-refractivity contribution < 1.29 is 9.90 Å². The van der Waals surface area contributed by atoms with E-state index in [9.17, 15) is 4.79 Å². The minimum absolute atomic E-state index is 0.190. The molecular weight excluding hydrogens is 254 g/mol. The molecule has 0 aliphatic carbocycles. The molecule has 1 aliphatic heterocycles. The number of aryl methyl sites for hydroxylation is 1. The number of carbonyl (C=O) groups is 1. The molecule has 1 fully saturated rings. The maximum Gasteiger partial charge on any atom is 0.304 e. The van der Waals surface area contributed by atoms with Gasteiger partial charge >= 0.3 is 5.97 Å². The van der Waals surface area contributed by atoms with Gasteiger partial charge in [-0.1, -0.05) is 6.07 Å². The van der Waals surface area contributed by atoms with Gasteiger partial charge in [0.15, 0.2) is 0 Å². The lowest BCUT2D eigenvalue weighted by Gasteiger charge is -2.21. The number of rotatable bonds is 4. The van der Waals surface area contributed by atoms with Crippen LogP contribution in [-0.4, -0.2) is 39.0 Å². The molecule has 20 heavy (non-hydrogen) atoms. The van der Waals surface area contributed by atoms with Crippen molar-refractivity contribution in [2.75, 3.05) is 13.1 Å². The maximum absolute atomic E-state index is 10.7. The van der Waals surface area contributed by atoms with Crippen LogP contribution in [0, 0.1) is 6.92 Å². The highest BCUT2D eigenvalue weighted by Gasteiger charge is 2.28. The fraction of sp³-hybridized carbons (Fsp3) is 0.467. The summed E-state index contributed by atoms with van der Waals surface area (Å²) >= 11 is 0. The summed E-state index contributed by atoms with van der Waals surface area (Å²) in [6.45, 7) is 3.61. The summed E-state index contributed by atoms with van der Waals surface area (Å²) in [5, 5.41) is 8.83. The molecule has 3 rings (SSSR count). The summed E-state index contributed by atoms with van der Waals surface area (Å²) in [6.07, 6.45) is 2.33. The third kappa shape index (κ3) is 2.54. The van der Waals surface area contributed by atoms with Crippen molar-refractivity contribution in [2.24, 2.45) is 0 Å². The van der Waals surface area contributed by atoms with E-state index in [0.717, 1.165) is 36.2 Å². The number of aromatic nitrogens is 2. The van der Waals surface area contributed by atoms with Crippen LogP contribution in [0.3, 0.4) is 0 Å². The first-order chi connectivity index (χ1) is 9.63. The molecule has 1 aromatic heterocycles. The van der Waals surface area contributed by atoms with Crippen LogP contribution in [0.15, 0.2) is 18.2 Å². The molecule has 0 radical (unpaired) electrons. The lowest BCUT2D eigenvalue weighted by molar-refractivity contribution is -0.137. The summed E-state index contributed by atoms with van der Waals surface area (Å²) in [5.41, 5.74) is 3.25. The van der Waals surface area contributed by atoms with E-state index in [2.05, 4.69) is 33.9 Å². The predicted octanol–water partition coefficient (Wildman–Crippen LogP) is 2.48. The fourth-order valence-corrected chi connectivity index (χ4v) is 2.94. The number of carboxylic acid groups (broad SMARTS) is 1. The van der Waals surface area contributed by atoms with Gasteiger partial charge in [0, 0.05) is 6.54 Å². The number of imidazole rings is 1.